The summed E-state index contributed by atoms with van der Waals surface area (Å²) < 4.78 is 22.4. The van der Waals surface area contributed by atoms with E-state index in [1.54, 1.807) is 34.9 Å². The van der Waals surface area contributed by atoms with Crippen molar-refractivity contribution in [3.05, 3.63) is 47.7 Å². The minimum Gasteiger partial charge on any atom is -0.464 e. The first-order valence-electron chi connectivity index (χ1n) is 7.04. The zero-order valence-electron chi connectivity index (χ0n) is 13.1. The molecular weight excluding hydrogens is 312 g/mol. The Balaban J connectivity index is 2.06. The molecule has 7 nitrogen and oxygen atoms in total. The van der Waals surface area contributed by atoms with Crippen molar-refractivity contribution < 1.29 is 23.1 Å². The molecule has 0 saturated heterocycles. The summed E-state index contributed by atoms with van der Waals surface area (Å²) in [6.45, 7) is 0.133. The van der Waals surface area contributed by atoms with Gasteiger partial charge in [-0.1, -0.05) is 0 Å². The largest absolute Gasteiger partial charge is 0.464 e. The van der Waals surface area contributed by atoms with Crippen molar-refractivity contribution in [1.29, 1.82) is 5.26 Å². The SMILES string of the molecule is COCn1c(C(=O)OC)cc2cc(/C=C(\C#N)c3ccco3)oc21. The molecule has 0 fully saturated rings. The second-order valence-electron chi connectivity index (χ2n) is 4.92. The number of carbonyl (C=O) groups is 1. The van der Waals surface area contributed by atoms with Crippen molar-refractivity contribution in [3.63, 3.8) is 0 Å². The van der Waals surface area contributed by atoms with Gasteiger partial charge in [-0.05, 0) is 24.3 Å². The lowest BCUT2D eigenvalue weighted by Gasteiger charge is -2.06. The molecule has 7 heteroatoms. The molecule has 122 valence electrons. The minimum absolute atomic E-state index is 0.133. The highest BCUT2D eigenvalue weighted by molar-refractivity contribution is 5.95. The van der Waals surface area contributed by atoms with Crippen LogP contribution in [0.5, 0.6) is 0 Å². The molecule has 24 heavy (non-hydrogen) atoms. The molecule has 0 unspecified atom stereocenters. The quantitative estimate of drug-likeness (QED) is 0.528. The third kappa shape index (κ3) is 2.71. The maximum atomic E-state index is 11.8. The van der Waals surface area contributed by atoms with Crippen LogP contribution < -0.4 is 0 Å². The van der Waals surface area contributed by atoms with Crippen molar-refractivity contribution in [2.45, 2.75) is 6.73 Å². The summed E-state index contributed by atoms with van der Waals surface area (Å²) >= 11 is 0. The van der Waals surface area contributed by atoms with Crippen molar-refractivity contribution >= 4 is 28.7 Å². The Kier molecular flexibility index (Phi) is 4.22. The Morgan fingerprint density at radius 1 is 1.42 bits per heavy atom. The van der Waals surface area contributed by atoms with Gasteiger partial charge in [-0.3, -0.25) is 4.57 Å². The van der Waals surface area contributed by atoms with Gasteiger partial charge in [0.15, 0.2) is 0 Å². The first-order chi connectivity index (χ1) is 11.7. The van der Waals surface area contributed by atoms with E-state index in [0.717, 1.165) is 0 Å². The van der Waals surface area contributed by atoms with Crippen LogP contribution in [-0.4, -0.2) is 24.8 Å². The molecule has 0 amide bonds. The summed E-state index contributed by atoms with van der Waals surface area (Å²) in [5.41, 5.74) is 1.12. The monoisotopic (exact) mass is 326 g/mol. The van der Waals surface area contributed by atoms with Gasteiger partial charge in [0.25, 0.3) is 0 Å². The number of esters is 1. The third-order valence-electron chi connectivity index (χ3n) is 3.43. The number of nitrogens with zero attached hydrogens (tertiary/aromatic N) is 2. The van der Waals surface area contributed by atoms with Gasteiger partial charge in [0.1, 0.15) is 30.0 Å². The van der Waals surface area contributed by atoms with E-state index >= 15 is 0 Å². The Bertz CT molecular complexity index is 938. The van der Waals surface area contributed by atoms with Gasteiger partial charge in [0, 0.05) is 18.6 Å². The number of allylic oxidation sites excluding steroid dienone is 1. The molecule has 0 radical (unpaired) electrons. The Hall–Kier alpha value is -3.24. The highest BCUT2D eigenvalue weighted by Crippen LogP contribution is 2.27. The fraction of sp³-hybridized carbons (Fsp3) is 0.176. The van der Waals surface area contributed by atoms with Gasteiger partial charge in [0.2, 0.25) is 5.71 Å². The van der Waals surface area contributed by atoms with E-state index in [0.29, 0.717) is 33.9 Å². The van der Waals surface area contributed by atoms with Crippen LogP contribution in [0.15, 0.2) is 39.4 Å². The van der Waals surface area contributed by atoms with E-state index in [-0.39, 0.29) is 6.73 Å². The number of fused-ring (bicyclic) bond motifs is 1. The Morgan fingerprint density at radius 2 is 2.25 bits per heavy atom. The van der Waals surface area contributed by atoms with Gasteiger partial charge in [-0.25, -0.2) is 4.79 Å². The highest BCUT2D eigenvalue weighted by atomic mass is 16.5. The van der Waals surface area contributed by atoms with Gasteiger partial charge < -0.3 is 18.3 Å². The zero-order chi connectivity index (χ0) is 17.1. The minimum atomic E-state index is -0.483. The average molecular weight is 326 g/mol. The third-order valence-corrected chi connectivity index (χ3v) is 3.43. The number of rotatable bonds is 5. The maximum absolute atomic E-state index is 11.8. The molecule has 0 aliphatic carbocycles. The van der Waals surface area contributed by atoms with Crippen molar-refractivity contribution in [1.82, 2.24) is 4.57 Å². The lowest BCUT2D eigenvalue weighted by Crippen LogP contribution is -2.11. The molecule has 0 N–H and O–H groups in total. The van der Waals surface area contributed by atoms with Crippen LogP contribution in [0.1, 0.15) is 22.0 Å². The van der Waals surface area contributed by atoms with Crippen molar-refractivity contribution in [2.75, 3.05) is 14.2 Å². The molecule has 0 aliphatic heterocycles. The maximum Gasteiger partial charge on any atom is 0.354 e. The fourth-order valence-electron chi connectivity index (χ4n) is 2.40. The number of ether oxygens (including phenoxy) is 2. The lowest BCUT2D eigenvalue weighted by molar-refractivity contribution is 0.0567. The fourth-order valence-corrected chi connectivity index (χ4v) is 2.40. The van der Waals surface area contributed by atoms with Crippen molar-refractivity contribution in [3.8, 4) is 6.07 Å². The molecule has 3 aromatic heterocycles. The highest BCUT2D eigenvalue weighted by Gasteiger charge is 2.19. The number of hydrogen-bond donors (Lipinski definition) is 0. The smallest absolute Gasteiger partial charge is 0.354 e. The molecule has 3 rings (SSSR count). The lowest BCUT2D eigenvalue weighted by atomic mass is 10.2. The van der Waals surface area contributed by atoms with Gasteiger partial charge in [-0.2, -0.15) is 5.26 Å². The van der Waals surface area contributed by atoms with E-state index in [2.05, 4.69) is 6.07 Å². The van der Waals surface area contributed by atoms with E-state index < -0.39 is 5.97 Å². The standard InChI is InChI=1S/C17H14N2O5/c1-21-10-19-14(17(20)22-2)8-11-6-13(24-16(11)19)7-12(9-18)15-4-3-5-23-15/h3-8H,10H2,1-2H3/b12-7+. The number of methoxy groups -OCH3 is 2. The van der Waals surface area contributed by atoms with E-state index in [9.17, 15) is 10.1 Å². The van der Waals surface area contributed by atoms with E-state index in [4.69, 9.17) is 18.3 Å². The summed E-state index contributed by atoms with van der Waals surface area (Å²) in [5.74, 6) is 0.437. The predicted molar refractivity (Wildman–Crippen MR) is 84.7 cm³/mol. The first-order valence-corrected chi connectivity index (χ1v) is 7.04. The normalized spacial score (nSPS) is 11.6. The number of aromatic nitrogens is 1. The Labute approximate surface area is 137 Å². The molecule has 0 aromatic carbocycles. The topological polar surface area (TPSA) is 90.5 Å². The molecule has 3 heterocycles. The molecule has 0 spiro atoms. The zero-order valence-corrected chi connectivity index (χ0v) is 13.1. The molecule has 0 aliphatic rings. The Morgan fingerprint density at radius 3 is 2.88 bits per heavy atom. The van der Waals surface area contributed by atoms with Crippen LogP contribution in [0.25, 0.3) is 22.7 Å². The summed E-state index contributed by atoms with van der Waals surface area (Å²) in [6, 6.07) is 8.85. The van der Waals surface area contributed by atoms with Gasteiger partial charge in [0.05, 0.1) is 18.9 Å². The molecular formula is C17H14N2O5. The van der Waals surface area contributed by atoms with Crippen molar-refractivity contribution in [2.24, 2.45) is 0 Å². The summed E-state index contributed by atoms with van der Waals surface area (Å²) in [6.07, 6.45) is 3.07. The second kappa shape index (κ2) is 6.48. The van der Waals surface area contributed by atoms with Crippen LogP contribution in [0, 0.1) is 11.3 Å². The summed E-state index contributed by atoms with van der Waals surface area (Å²) in [7, 11) is 2.83. The first kappa shape index (κ1) is 15.6. The van der Waals surface area contributed by atoms with Gasteiger partial charge >= 0.3 is 5.97 Å². The van der Waals surface area contributed by atoms with Crippen LogP contribution in [0.4, 0.5) is 0 Å². The molecule has 0 atom stereocenters. The second-order valence-corrected chi connectivity index (χ2v) is 4.92. The number of carbonyl (C=O) groups excluding carboxylic acids is 1. The van der Waals surface area contributed by atoms with E-state index in [1.165, 1.54) is 20.5 Å². The summed E-state index contributed by atoms with van der Waals surface area (Å²) in [5, 5.41) is 9.97. The molecule has 3 aromatic rings. The van der Waals surface area contributed by atoms with Gasteiger partial charge in [-0.15, -0.1) is 0 Å². The van der Waals surface area contributed by atoms with E-state index in [1.807, 2.05) is 0 Å². The molecule has 0 bridgehead atoms. The van der Waals surface area contributed by atoms with Crippen LogP contribution in [0.2, 0.25) is 0 Å². The van der Waals surface area contributed by atoms with Crippen LogP contribution in [-0.2, 0) is 16.2 Å². The average Bonchev–Trinajstić information content (AvgIpc) is 3.29. The van der Waals surface area contributed by atoms with Crippen LogP contribution >= 0.6 is 0 Å². The number of furan rings is 2. The summed E-state index contributed by atoms with van der Waals surface area (Å²) in [4.78, 5) is 11.8. The number of nitriles is 1. The molecule has 0 saturated carbocycles. The predicted octanol–water partition coefficient (Wildman–Crippen LogP) is 3.28. The number of hydrogen-bond acceptors (Lipinski definition) is 6. The van der Waals surface area contributed by atoms with Crippen LogP contribution in [0.3, 0.4) is 0 Å².